The molecule has 0 rings (SSSR count). The zero-order chi connectivity index (χ0) is 15.2. The molecule has 0 aliphatic heterocycles. The molecule has 0 aliphatic carbocycles. The zero-order valence-electron chi connectivity index (χ0n) is 12.6. The Labute approximate surface area is 121 Å². The number of amides is 2. The molecule has 0 spiro atoms. The van der Waals surface area contributed by atoms with Crippen LogP contribution >= 0.6 is 0 Å². The monoisotopic (exact) mass is 288 g/mol. The Bertz CT molecular complexity index is 272. The fraction of sp³-hybridized carbons (Fsp3) is 0.857. The first kappa shape index (κ1) is 18.7. The SMILES string of the molecule is CCCCOCCCNC(=O)NCC(CC)CC(=O)O. The van der Waals surface area contributed by atoms with E-state index in [1.165, 1.54) is 0 Å². The predicted octanol–water partition coefficient (Wildman–Crippen LogP) is 1.99. The Morgan fingerprint density at radius 2 is 1.85 bits per heavy atom. The van der Waals surface area contributed by atoms with Crippen LogP contribution in [0.5, 0.6) is 0 Å². The lowest BCUT2D eigenvalue weighted by Gasteiger charge is -2.14. The van der Waals surface area contributed by atoms with Crippen molar-refractivity contribution in [3.8, 4) is 0 Å². The number of carbonyl (C=O) groups is 2. The summed E-state index contributed by atoms with van der Waals surface area (Å²) in [5.74, 6) is -0.848. The standard InChI is InChI=1S/C14H28N2O4/c1-3-5-8-20-9-6-7-15-14(19)16-11-12(4-2)10-13(17)18/h12H,3-11H2,1-2H3,(H,17,18)(H2,15,16,19). The lowest BCUT2D eigenvalue weighted by Crippen LogP contribution is -2.39. The summed E-state index contributed by atoms with van der Waals surface area (Å²) in [6.45, 7) is 6.41. The Balaban J connectivity index is 3.50. The minimum atomic E-state index is -0.830. The number of hydrogen-bond donors (Lipinski definition) is 3. The van der Waals surface area contributed by atoms with Crippen LogP contribution in [0.25, 0.3) is 0 Å². The smallest absolute Gasteiger partial charge is 0.314 e. The van der Waals surface area contributed by atoms with Gasteiger partial charge >= 0.3 is 12.0 Å². The van der Waals surface area contributed by atoms with E-state index in [-0.39, 0.29) is 18.4 Å². The average molecular weight is 288 g/mol. The number of nitrogens with one attached hydrogen (secondary N) is 2. The Hall–Kier alpha value is -1.30. The highest BCUT2D eigenvalue weighted by Crippen LogP contribution is 2.06. The van der Waals surface area contributed by atoms with Crippen LogP contribution in [0.1, 0.15) is 46.0 Å². The van der Waals surface area contributed by atoms with Gasteiger partial charge in [0, 0.05) is 32.7 Å². The highest BCUT2D eigenvalue weighted by atomic mass is 16.5. The molecule has 0 radical (unpaired) electrons. The van der Waals surface area contributed by atoms with Crippen molar-refractivity contribution >= 4 is 12.0 Å². The number of carboxylic acids is 1. The second-order valence-corrected chi connectivity index (χ2v) is 4.83. The van der Waals surface area contributed by atoms with Gasteiger partial charge in [0.25, 0.3) is 0 Å². The predicted molar refractivity (Wildman–Crippen MR) is 77.8 cm³/mol. The van der Waals surface area contributed by atoms with Gasteiger partial charge in [0.1, 0.15) is 0 Å². The number of urea groups is 1. The summed E-state index contributed by atoms with van der Waals surface area (Å²) in [7, 11) is 0. The molecule has 6 nitrogen and oxygen atoms in total. The zero-order valence-corrected chi connectivity index (χ0v) is 12.6. The third-order valence-corrected chi connectivity index (χ3v) is 2.99. The van der Waals surface area contributed by atoms with Gasteiger partial charge in [0.15, 0.2) is 0 Å². The first-order chi connectivity index (χ1) is 9.60. The average Bonchev–Trinajstić information content (AvgIpc) is 2.42. The van der Waals surface area contributed by atoms with E-state index in [0.29, 0.717) is 19.7 Å². The van der Waals surface area contributed by atoms with Crippen LogP contribution in [0, 0.1) is 5.92 Å². The number of ether oxygens (including phenoxy) is 1. The molecule has 20 heavy (non-hydrogen) atoms. The van der Waals surface area contributed by atoms with Crippen LogP contribution in [0.4, 0.5) is 4.79 Å². The number of carboxylic acid groups (broad SMARTS) is 1. The molecule has 0 aromatic carbocycles. The summed E-state index contributed by atoms with van der Waals surface area (Å²) < 4.78 is 5.38. The lowest BCUT2D eigenvalue weighted by molar-refractivity contribution is -0.138. The third kappa shape index (κ3) is 11.8. The maximum Gasteiger partial charge on any atom is 0.314 e. The lowest BCUT2D eigenvalue weighted by atomic mass is 10.0. The number of aliphatic carboxylic acids is 1. The molecule has 2 amide bonds. The van der Waals surface area contributed by atoms with Gasteiger partial charge in [-0.1, -0.05) is 26.7 Å². The van der Waals surface area contributed by atoms with Gasteiger partial charge in [-0.3, -0.25) is 4.79 Å². The van der Waals surface area contributed by atoms with Gasteiger partial charge in [-0.05, 0) is 18.8 Å². The van der Waals surface area contributed by atoms with Crippen molar-refractivity contribution in [3.05, 3.63) is 0 Å². The molecule has 1 unspecified atom stereocenters. The van der Waals surface area contributed by atoms with Gasteiger partial charge in [-0.2, -0.15) is 0 Å². The molecule has 0 bridgehead atoms. The Kier molecular flexibility index (Phi) is 11.9. The molecule has 0 aromatic rings. The van der Waals surface area contributed by atoms with E-state index in [4.69, 9.17) is 9.84 Å². The van der Waals surface area contributed by atoms with E-state index in [9.17, 15) is 9.59 Å². The van der Waals surface area contributed by atoms with E-state index in [0.717, 1.165) is 32.3 Å². The molecular weight excluding hydrogens is 260 g/mol. The first-order valence-corrected chi connectivity index (χ1v) is 7.41. The van der Waals surface area contributed by atoms with Crippen molar-refractivity contribution in [2.75, 3.05) is 26.3 Å². The van der Waals surface area contributed by atoms with Gasteiger partial charge in [0.05, 0.1) is 0 Å². The van der Waals surface area contributed by atoms with Crippen LogP contribution in [-0.4, -0.2) is 43.4 Å². The van der Waals surface area contributed by atoms with Gasteiger partial charge in [-0.15, -0.1) is 0 Å². The fourth-order valence-corrected chi connectivity index (χ4v) is 1.63. The minimum Gasteiger partial charge on any atom is -0.481 e. The largest absolute Gasteiger partial charge is 0.481 e. The normalized spacial score (nSPS) is 11.9. The summed E-state index contributed by atoms with van der Waals surface area (Å²) in [5, 5.41) is 14.1. The van der Waals surface area contributed by atoms with Crippen molar-refractivity contribution in [2.24, 2.45) is 5.92 Å². The van der Waals surface area contributed by atoms with Gasteiger partial charge in [-0.25, -0.2) is 4.79 Å². The number of hydrogen-bond acceptors (Lipinski definition) is 3. The molecular formula is C14H28N2O4. The molecule has 1 atom stereocenters. The van der Waals surface area contributed by atoms with Crippen molar-refractivity contribution in [1.29, 1.82) is 0 Å². The molecule has 3 N–H and O–H groups in total. The topological polar surface area (TPSA) is 87.7 Å². The molecule has 0 aromatic heterocycles. The quantitative estimate of drug-likeness (QED) is 0.479. The number of unbranched alkanes of at least 4 members (excludes halogenated alkanes) is 1. The summed E-state index contributed by atoms with van der Waals surface area (Å²) in [6, 6.07) is -0.248. The van der Waals surface area contributed by atoms with Crippen molar-refractivity contribution < 1.29 is 19.4 Å². The molecule has 0 saturated heterocycles. The van der Waals surface area contributed by atoms with Crippen LogP contribution in [-0.2, 0) is 9.53 Å². The summed E-state index contributed by atoms with van der Waals surface area (Å²) in [6.07, 6.45) is 3.79. The molecule has 6 heteroatoms. The van der Waals surface area contributed by atoms with E-state index >= 15 is 0 Å². The highest BCUT2D eigenvalue weighted by Gasteiger charge is 2.12. The Morgan fingerprint density at radius 3 is 2.45 bits per heavy atom. The van der Waals surface area contributed by atoms with Crippen LogP contribution in [0.2, 0.25) is 0 Å². The molecule has 0 saturated carbocycles. The van der Waals surface area contributed by atoms with Crippen LogP contribution in [0.3, 0.4) is 0 Å². The highest BCUT2D eigenvalue weighted by molar-refractivity contribution is 5.74. The van der Waals surface area contributed by atoms with Crippen molar-refractivity contribution in [1.82, 2.24) is 10.6 Å². The second kappa shape index (κ2) is 12.7. The maximum absolute atomic E-state index is 11.5. The van der Waals surface area contributed by atoms with Crippen LogP contribution in [0.15, 0.2) is 0 Å². The van der Waals surface area contributed by atoms with Crippen molar-refractivity contribution in [2.45, 2.75) is 46.0 Å². The second-order valence-electron chi connectivity index (χ2n) is 4.83. The van der Waals surface area contributed by atoms with E-state index in [1.807, 2.05) is 6.92 Å². The molecule has 0 heterocycles. The van der Waals surface area contributed by atoms with Crippen LogP contribution < -0.4 is 10.6 Å². The van der Waals surface area contributed by atoms with E-state index in [1.54, 1.807) is 0 Å². The third-order valence-electron chi connectivity index (χ3n) is 2.99. The number of carbonyl (C=O) groups excluding carboxylic acids is 1. The van der Waals surface area contributed by atoms with E-state index < -0.39 is 5.97 Å². The van der Waals surface area contributed by atoms with Gasteiger partial charge in [0.2, 0.25) is 0 Å². The summed E-state index contributed by atoms with van der Waals surface area (Å²) in [4.78, 5) is 22.1. The first-order valence-electron chi connectivity index (χ1n) is 7.41. The maximum atomic E-state index is 11.5. The summed E-state index contributed by atoms with van der Waals surface area (Å²) >= 11 is 0. The van der Waals surface area contributed by atoms with Crippen molar-refractivity contribution in [3.63, 3.8) is 0 Å². The van der Waals surface area contributed by atoms with E-state index in [2.05, 4.69) is 17.6 Å². The molecule has 0 fully saturated rings. The fourth-order valence-electron chi connectivity index (χ4n) is 1.63. The summed E-state index contributed by atoms with van der Waals surface area (Å²) in [5.41, 5.74) is 0. The molecule has 118 valence electrons. The molecule has 0 aliphatic rings. The Morgan fingerprint density at radius 1 is 1.15 bits per heavy atom. The van der Waals surface area contributed by atoms with Gasteiger partial charge < -0.3 is 20.5 Å². The number of rotatable bonds is 12. The minimum absolute atomic E-state index is 0.0179.